The minimum absolute atomic E-state index is 0.0831. The fraction of sp³-hybridized carbons (Fsp3) is 1.00. The fourth-order valence-electron chi connectivity index (χ4n) is 0.621. The molecule has 0 radical (unpaired) electrons. The molecule has 0 aromatic carbocycles. The van der Waals surface area contributed by atoms with Crippen LogP contribution in [0.25, 0.3) is 0 Å². The van der Waals surface area contributed by atoms with Crippen molar-refractivity contribution in [2.45, 2.75) is 13.0 Å². The topological polar surface area (TPSA) is 102 Å². The van der Waals surface area contributed by atoms with Gasteiger partial charge in [0.15, 0.2) is 0 Å². The average Bonchev–Trinajstić information content (AvgIpc) is 1.95. The molecule has 0 amide bonds. The van der Waals surface area contributed by atoms with Crippen molar-refractivity contribution >= 4 is 10.3 Å². The van der Waals surface area contributed by atoms with Crippen LogP contribution in [0.4, 0.5) is 0 Å². The second-order valence-corrected chi connectivity index (χ2v) is 3.37. The zero-order chi connectivity index (χ0) is 9.61. The first kappa shape index (κ1) is 11.8. The van der Waals surface area contributed by atoms with Crippen LogP contribution in [0.2, 0.25) is 0 Å². The molecule has 7 heteroatoms. The van der Waals surface area contributed by atoms with E-state index in [2.05, 4.69) is 0 Å². The molecule has 0 rings (SSSR count). The van der Waals surface area contributed by atoms with Gasteiger partial charge in [0.1, 0.15) is 0 Å². The van der Waals surface area contributed by atoms with E-state index >= 15 is 0 Å². The van der Waals surface area contributed by atoms with E-state index in [1.54, 1.807) is 6.92 Å². The van der Waals surface area contributed by atoms with E-state index in [0.717, 1.165) is 0 Å². The predicted molar refractivity (Wildman–Crippen MR) is 44.0 cm³/mol. The summed E-state index contributed by atoms with van der Waals surface area (Å²) in [5, 5.41) is 0. The van der Waals surface area contributed by atoms with Gasteiger partial charge >= 0.3 is 10.3 Å². The number of nitrogens with one attached hydrogen (secondary N) is 1. The molecule has 1 unspecified atom stereocenters. The molecule has 0 aliphatic rings. The van der Waals surface area contributed by atoms with Crippen LogP contribution in [0.15, 0.2) is 0 Å². The van der Waals surface area contributed by atoms with E-state index in [1.165, 1.54) is 0 Å². The van der Waals surface area contributed by atoms with E-state index < -0.39 is 16.3 Å². The van der Waals surface area contributed by atoms with Gasteiger partial charge in [-0.15, -0.1) is 0 Å². The quantitative estimate of drug-likeness (QED) is 0.462. The van der Waals surface area contributed by atoms with Crippen LogP contribution in [-0.2, 0) is 15.0 Å². The Bertz CT molecular complexity index is 203. The molecule has 0 aliphatic heterocycles. The summed E-state index contributed by atoms with van der Waals surface area (Å²) in [5.41, 5.74) is 5.20. The number of rotatable bonds is 6. The number of hydrogen-bond acceptors (Lipinski definition) is 4. The summed E-state index contributed by atoms with van der Waals surface area (Å²) in [6.07, 6.45) is 0. The molecule has 0 fully saturated rings. The molecular formula is C5H14N2O4S. The predicted octanol–water partition coefficient (Wildman–Crippen LogP) is -1.26. The van der Waals surface area contributed by atoms with Crippen LogP contribution in [0, 0.1) is 0 Å². The lowest BCUT2D eigenvalue weighted by atomic mass is 10.3. The highest BCUT2D eigenvalue weighted by molar-refractivity contribution is 7.83. The van der Waals surface area contributed by atoms with E-state index in [0.29, 0.717) is 6.61 Å². The summed E-state index contributed by atoms with van der Waals surface area (Å²) < 4.78 is 35.8. The third kappa shape index (κ3) is 6.50. The molecule has 12 heavy (non-hydrogen) atoms. The molecule has 0 aliphatic carbocycles. The standard InChI is InChI=1S/C5H14N2O4S/c1-2-11-4-5(3-6)7-12(8,9)10/h5,7H,2-4,6H2,1H3,(H,8,9,10). The van der Waals surface area contributed by atoms with Crippen molar-refractivity contribution in [2.75, 3.05) is 19.8 Å². The summed E-state index contributed by atoms with van der Waals surface area (Å²) in [6, 6.07) is -0.569. The molecule has 0 heterocycles. The van der Waals surface area contributed by atoms with Crippen LogP contribution in [0.1, 0.15) is 6.92 Å². The first-order valence-electron chi connectivity index (χ1n) is 3.52. The molecule has 0 saturated heterocycles. The lowest BCUT2D eigenvalue weighted by Gasteiger charge is -2.13. The van der Waals surface area contributed by atoms with Crippen LogP contribution < -0.4 is 10.5 Å². The Labute approximate surface area is 72.0 Å². The Morgan fingerprint density at radius 1 is 1.67 bits per heavy atom. The van der Waals surface area contributed by atoms with Crippen molar-refractivity contribution in [1.29, 1.82) is 0 Å². The highest BCUT2D eigenvalue weighted by atomic mass is 32.2. The highest BCUT2D eigenvalue weighted by Crippen LogP contribution is 1.86. The fourth-order valence-corrected chi connectivity index (χ4v) is 1.21. The van der Waals surface area contributed by atoms with Gasteiger partial charge in [0.25, 0.3) is 0 Å². The molecule has 74 valence electrons. The molecular weight excluding hydrogens is 184 g/mol. The first-order chi connectivity index (χ1) is 5.49. The van der Waals surface area contributed by atoms with Gasteiger partial charge in [-0.2, -0.15) is 13.1 Å². The Balaban J connectivity index is 3.83. The van der Waals surface area contributed by atoms with Crippen LogP contribution in [0.3, 0.4) is 0 Å². The largest absolute Gasteiger partial charge is 0.380 e. The van der Waals surface area contributed by atoms with E-state index in [4.69, 9.17) is 15.0 Å². The smallest absolute Gasteiger partial charge is 0.333 e. The average molecular weight is 198 g/mol. The van der Waals surface area contributed by atoms with Gasteiger partial charge in [0, 0.05) is 13.2 Å². The van der Waals surface area contributed by atoms with Crippen molar-refractivity contribution < 1.29 is 17.7 Å². The van der Waals surface area contributed by atoms with Gasteiger partial charge in [-0.05, 0) is 6.92 Å². The summed E-state index contributed by atoms with van der Waals surface area (Å²) >= 11 is 0. The van der Waals surface area contributed by atoms with Gasteiger partial charge in [0.2, 0.25) is 0 Å². The molecule has 0 saturated carbocycles. The van der Waals surface area contributed by atoms with E-state index in [9.17, 15) is 8.42 Å². The number of ether oxygens (including phenoxy) is 1. The minimum atomic E-state index is -4.18. The Morgan fingerprint density at radius 2 is 2.25 bits per heavy atom. The second kappa shape index (κ2) is 5.44. The first-order valence-corrected chi connectivity index (χ1v) is 4.96. The van der Waals surface area contributed by atoms with Gasteiger partial charge in [-0.1, -0.05) is 0 Å². The lowest BCUT2D eigenvalue weighted by Crippen LogP contribution is -2.43. The van der Waals surface area contributed by atoms with E-state index in [-0.39, 0.29) is 13.2 Å². The molecule has 6 nitrogen and oxygen atoms in total. The third-order valence-corrected chi connectivity index (χ3v) is 1.75. The van der Waals surface area contributed by atoms with Gasteiger partial charge < -0.3 is 10.5 Å². The van der Waals surface area contributed by atoms with Crippen LogP contribution >= 0.6 is 0 Å². The van der Waals surface area contributed by atoms with Crippen molar-refractivity contribution in [3.8, 4) is 0 Å². The van der Waals surface area contributed by atoms with Crippen molar-refractivity contribution in [2.24, 2.45) is 5.73 Å². The minimum Gasteiger partial charge on any atom is -0.380 e. The molecule has 0 spiro atoms. The van der Waals surface area contributed by atoms with Gasteiger partial charge in [-0.25, -0.2) is 0 Å². The Hall–Kier alpha value is -0.210. The lowest BCUT2D eigenvalue weighted by molar-refractivity contribution is 0.130. The monoisotopic (exact) mass is 198 g/mol. The summed E-state index contributed by atoms with van der Waals surface area (Å²) in [4.78, 5) is 0. The van der Waals surface area contributed by atoms with Gasteiger partial charge in [-0.3, -0.25) is 4.55 Å². The number of nitrogens with two attached hydrogens (primary N) is 1. The maximum Gasteiger partial charge on any atom is 0.333 e. The van der Waals surface area contributed by atoms with Crippen LogP contribution in [-0.4, -0.2) is 38.8 Å². The summed E-state index contributed by atoms with van der Waals surface area (Å²) in [6.45, 7) is 2.50. The second-order valence-electron chi connectivity index (χ2n) is 2.19. The zero-order valence-corrected chi connectivity index (χ0v) is 7.67. The van der Waals surface area contributed by atoms with Crippen molar-refractivity contribution in [1.82, 2.24) is 4.72 Å². The summed E-state index contributed by atoms with van der Waals surface area (Å²) in [7, 11) is -4.18. The van der Waals surface area contributed by atoms with Crippen molar-refractivity contribution in [3.63, 3.8) is 0 Å². The van der Waals surface area contributed by atoms with Crippen molar-refractivity contribution in [3.05, 3.63) is 0 Å². The Morgan fingerprint density at radius 3 is 2.58 bits per heavy atom. The molecule has 0 aromatic rings. The van der Waals surface area contributed by atoms with Gasteiger partial charge in [0.05, 0.1) is 12.6 Å². The zero-order valence-electron chi connectivity index (χ0n) is 6.86. The maximum atomic E-state index is 10.3. The Kier molecular flexibility index (Phi) is 5.34. The number of hydrogen-bond donors (Lipinski definition) is 3. The van der Waals surface area contributed by atoms with E-state index in [1.807, 2.05) is 4.72 Å². The highest BCUT2D eigenvalue weighted by Gasteiger charge is 2.12. The molecule has 0 aromatic heterocycles. The normalized spacial score (nSPS) is 14.6. The SMILES string of the molecule is CCOCC(CN)NS(=O)(=O)O. The molecule has 1 atom stereocenters. The maximum absolute atomic E-state index is 10.3. The molecule has 0 bridgehead atoms. The summed E-state index contributed by atoms with van der Waals surface area (Å²) in [5.74, 6) is 0. The molecule has 4 N–H and O–H groups in total. The third-order valence-electron chi connectivity index (χ3n) is 1.12. The van der Waals surface area contributed by atoms with Crippen LogP contribution in [0.5, 0.6) is 0 Å².